The van der Waals surface area contributed by atoms with E-state index in [1.165, 1.54) is 7.11 Å². The molecule has 2 atom stereocenters. The molecule has 0 bridgehead atoms. The monoisotopic (exact) mass is 669 g/mol. The zero-order chi connectivity index (χ0) is 31.9. The van der Waals surface area contributed by atoms with Crippen molar-refractivity contribution in [1.29, 1.82) is 0 Å². The van der Waals surface area contributed by atoms with Gasteiger partial charge in [-0.15, -0.1) is 0 Å². The Morgan fingerprint density at radius 2 is 1.33 bits per heavy atom. The van der Waals surface area contributed by atoms with Gasteiger partial charge in [0.2, 0.25) is 5.91 Å². The Bertz CT molecular complexity index is 1660. The second kappa shape index (κ2) is 14.2. The Balaban J connectivity index is 1.19. The van der Waals surface area contributed by atoms with Crippen LogP contribution in [0.25, 0.3) is 22.3 Å². The van der Waals surface area contributed by atoms with Crippen LogP contribution in [-0.4, -0.2) is 55.0 Å². The zero-order valence-electron chi connectivity index (χ0n) is 24.7. The molecule has 0 heterocycles. The van der Waals surface area contributed by atoms with Crippen molar-refractivity contribution in [3.8, 4) is 22.3 Å². The fourth-order valence-electron chi connectivity index (χ4n) is 5.40. The van der Waals surface area contributed by atoms with E-state index >= 15 is 0 Å². The number of ether oxygens (including phenoxy) is 2. The maximum absolute atomic E-state index is 13.1. The van der Waals surface area contributed by atoms with Crippen molar-refractivity contribution in [2.75, 3.05) is 24.4 Å². The number of carbonyl (C=O) groups excluding carboxylic acids is 4. The summed E-state index contributed by atoms with van der Waals surface area (Å²) < 4.78 is 10.5. The average Bonchev–Trinajstić information content (AvgIpc) is 3.39. The third-order valence-corrected chi connectivity index (χ3v) is 8.21. The number of esters is 1. The van der Waals surface area contributed by atoms with Crippen molar-refractivity contribution >= 4 is 45.5 Å². The molecule has 0 unspecified atom stereocenters. The molecule has 9 nitrogen and oxygen atoms in total. The van der Waals surface area contributed by atoms with Gasteiger partial charge < -0.3 is 25.4 Å². The predicted octanol–water partition coefficient (Wildman–Crippen LogP) is 5.89. The zero-order valence-corrected chi connectivity index (χ0v) is 26.3. The van der Waals surface area contributed by atoms with Crippen molar-refractivity contribution in [3.63, 3.8) is 0 Å². The van der Waals surface area contributed by atoms with Gasteiger partial charge in [-0.1, -0.05) is 88.7 Å². The van der Waals surface area contributed by atoms with E-state index in [9.17, 15) is 19.2 Å². The van der Waals surface area contributed by atoms with Gasteiger partial charge in [-0.05, 0) is 64.6 Å². The molecule has 0 saturated heterocycles. The molecule has 10 heteroatoms. The number of nitrogens with one attached hydrogen (secondary N) is 3. The first-order valence-corrected chi connectivity index (χ1v) is 15.5. The third-order valence-electron chi connectivity index (χ3n) is 7.70. The fraction of sp³-hybridized carbons (Fsp3) is 0.200. The van der Waals surface area contributed by atoms with Gasteiger partial charge in [0.1, 0.15) is 12.6 Å². The summed E-state index contributed by atoms with van der Waals surface area (Å²) in [5.74, 6) is -1.48. The Morgan fingerprint density at radius 3 is 1.89 bits per heavy atom. The van der Waals surface area contributed by atoms with E-state index < -0.39 is 30.1 Å². The number of anilines is 1. The van der Waals surface area contributed by atoms with Gasteiger partial charge >= 0.3 is 12.1 Å². The number of benzene rings is 4. The number of fused-ring (bicyclic) bond motifs is 3. The van der Waals surface area contributed by atoms with Gasteiger partial charge in [0.25, 0.3) is 5.91 Å². The normalized spacial score (nSPS) is 13.0. The lowest BCUT2D eigenvalue weighted by Crippen LogP contribution is -2.54. The van der Waals surface area contributed by atoms with Crippen LogP contribution in [0.2, 0.25) is 0 Å². The van der Waals surface area contributed by atoms with Crippen LogP contribution >= 0.6 is 15.9 Å². The van der Waals surface area contributed by atoms with Gasteiger partial charge in [0, 0.05) is 17.2 Å². The number of rotatable bonds is 10. The summed E-state index contributed by atoms with van der Waals surface area (Å²) in [5, 5.41) is 8.32. The molecule has 45 heavy (non-hydrogen) atoms. The van der Waals surface area contributed by atoms with Crippen molar-refractivity contribution in [2.45, 2.75) is 24.9 Å². The quantitative estimate of drug-likeness (QED) is 0.143. The number of alkyl halides is 1. The maximum Gasteiger partial charge on any atom is 0.407 e. The third kappa shape index (κ3) is 7.24. The van der Waals surface area contributed by atoms with E-state index in [1.54, 1.807) is 43.3 Å². The minimum atomic E-state index is -1.16. The van der Waals surface area contributed by atoms with E-state index in [0.29, 0.717) is 11.3 Å². The highest BCUT2D eigenvalue weighted by Crippen LogP contribution is 2.44. The molecule has 0 saturated carbocycles. The van der Waals surface area contributed by atoms with Crippen LogP contribution < -0.4 is 16.0 Å². The molecule has 1 aliphatic rings. The lowest BCUT2D eigenvalue weighted by Gasteiger charge is -2.24. The maximum atomic E-state index is 13.1. The van der Waals surface area contributed by atoms with E-state index in [-0.39, 0.29) is 23.8 Å². The Labute approximate surface area is 269 Å². The fourth-order valence-corrected chi connectivity index (χ4v) is 5.54. The molecule has 0 fully saturated rings. The van der Waals surface area contributed by atoms with Gasteiger partial charge in [0.05, 0.1) is 18.5 Å². The number of hydrogen-bond acceptors (Lipinski definition) is 6. The summed E-state index contributed by atoms with van der Waals surface area (Å²) in [6, 6.07) is 28.2. The number of amides is 3. The van der Waals surface area contributed by atoms with E-state index in [0.717, 1.165) is 33.4 Å². The van der Waals surface area contributed by atoms with Gasteiger partial charge in [-0.3, -0.25) is 9.59 Å². The highest BCUT2D eigenvalue weighted by atomic mass is 79.9. The molecule has 5 rings (SSSR count). The first-order chi connectivity index (χ1) is 21.8. The first-order valence-electron chi connectivity index (χ1n) is 14.4. The Kier molecular flexibility index (Phi) is 9.94. The number of alkyl carbamates (subject to hydrolysis) is 1. The van der Waals surface area contributed by atoms with Crippen LogP contribution in [0.1, 0.15) is 34.3 Å². The molecular formula is C35H32BrN3O6. The van der Waals surface area contributed by atoms with Crippen molar-refractivity contribution in [1.82, 2.24) is 10.6 Å². The van der Waals surface area contributed by atoms with Crippen LogP contribution in [-0.2, 0) is 19.1 Å². The summed E-state index contributed by atoms with van der Waals surface area (Å²) in [6.07, 6.45) is -0.713. The van der Waals surface area contributed by atoms with E-state index in [2.05, 4.69) is 44.0 Å². The summed E-state index contributed by atoms with van der Waals surface area (Å²) in [4.78, 5) is 50.2. The molecule has 4 aromatic rings. The summed E-state index contributed by atoms with van der Waals surface area (Å²) in [7, 11) is 1.22. The van der Waals surface area contributed by atoms with E-state index in [4.69, 9.17) is 9.47 Å². The van der Waals surface area contributed by atoms with Crippen LogP contribution in [0.3, 0.4) is 0 Å². The number of halogens is 1. The van der Waals surface area contributed by atoms with Crippen molar-refractivity contribution in [2.24, 2.45) is 0 Å². The van der Waals surface area contributed by atoms with Crippen LogP contribution in [0.5, 0.6) is 0 Å². The summed E-state index contributed by atoms with van der Waals surface area (Å²) >= 11 is 3.12. The number of hydrogen-bond donors (Lipinski definition) is 3. The first kappa shape index (κ1) is 31.5. The highest BCUT2D eigenvalue weighted by molar-refractivity contribution is 9.09. The second-order valence-electron chi connectivity index (χ2n) is 10.6. The molecule has 0 radical (unpaired) electrons. The molecule has 230 valence electrons. The standard InChI is InChI=1S/C35H32BrN3O6/c1-21(37-35(43)45-20-30-28-9-5-3-7-26(28)27-8-4-6-10-29(27)30)32(34(42)44-2)39-33(41)24-13-11-22(12-14-24)23-15-17-25(18-16-23)38-31(40)19-36/h3-18,21,30,32H,19-20H2,1-2H3,(H,37,43)(H,38,40)(H,39,41)/t21-,32+/m1/s1. The highest BCUT2D eigenvalue weighted by Gasteiger charge is 2.32. The topological polar surface area (TPSA) is 123 Å². The lowest BCUT2D eigenvalue weighted by atomic mass is 9.98. The minimum Gasteiger partial charge on any atom is -0.467 e. The minimum absolute atomic E-state index is 0.113. The average molecular weight is 671 g/mol. The van der Waals surface area contributed by atoms with Gasteiger partial charge in [-0.2, -0.15) is 0 Å². The smallest absolute Gasteiger partial charge is 0.407 e. The van der Waals surface area contributed by atoms with Crippen LogP contribution in [0, 0.1) is 0 Å². The molecular weight excluding hydrogens is 638 g/mol. The SMILES string of the molecule is COC(=O)[C@@H](NC(=O)c1ccc(-c2ccc(NC(=O)CBr)cc2)cc1)[C@@H](C)NC(=O)OCC1c2ccccc2-c2ccccc21. The molecule has 4 aromatic carbocycles. The molecule has 1 aliphatic carbocycles. The van der Waals surface area contributed by atoms with E-state index in [1.807, 2.05) is 48.5 Å². The molecule has 3 amide bonds. The van der Waals surface area contributed by atoms with Gasteiger partial charge in [0.15, 0.2) is 0 Å². The summed E-state index contributed by atoms with van der Waals surface area (Å²) in [6.45, 7) is 1.71. The molecule has 0 spiro atoms. The van der Waals surface area contributed by atoms with Crippen LogP contribution in [0.15, 0.2) is 97.1 Å². The van der Waals surface area contributed by atoms with Gasteiger partial charge in [-0.25, -0.2) is 9.59 Å². The largest absolute Gasteiger partial charge is 0.467 e. The molecule has 0 aliphatic heterocycles. The van der Waals surface area contributed by atoms with Crippen molar-refractivity contribution in [3.05, 3.63) is 114 Å². The second-order valence-corrected chi connectivity index (χ2v) is 11.1. The predicted molar refractivity (Wildman–Crippen MR) is 175 cm³/mol. The lowest BCUT2D eigenvalue weighted by molar-refractivity contribution is -0.143. The van der Waals surface area contributed by atoms with Crippen molar-refractivity contribution < 1.29 is 28.7 Å². The summed E-state index contributed by atoms with van der Waals surface area (Å²) in [5.41, 5.74) is 7.15. The Hall–Kier alpha value is -4.96. The number of carbonyl (C=O) groups is 4. The Morgan fingerprint density at radius 1 is 0.778 bits per heavy atom. The van der Waals surface area contributed by atoms with Crippen LogP contribution in [0.4, 0.5) is 10.5 Å². The number of methoxy groups -OCH3 is 1. The molecule has 3 N–H and O–H groups in total. The molecule has 0 aromatic heterocycles.